The second kappa shape index (κ2) is 6.74. The number of aromatic nitrogens is 3. The van der Waals surface area contributed by atoms with Crippen LogP contribution in [0.1, 0.15) is 28.2 Å². The van der Waals surface area contributed by atoms with Gasteiger partial charge < -0.3 is 10.6 Å². The molecule has 0 bridgehead atoms. The molecule has 2 aromatic rings. The van der Waals surface area contributed by atoms with Crippen LogP contribution in [0.4, 0.5) is 0 Å². The maximum absolute atomic E-state index is 12.9. The summed E-state index contributed by atoms with van der Waals surface area (Å²) in [5.74, 6) is 1.67. The third-order valence-electron chi connectivity index (χ3n) is 4.95. The first-order valence-electron chi connectivity index (χ1n) is 7.93. The van der Waals surface area contributed by atoms with E-state index >= 15 is 0 Å². The molecule has 0 aromatic carbocycles. The zero-order valence-corrected chi connectivity index (χ0v) is 15.0. The van der Waals surface area contributed by atoms with Crippen molar-refractivity contribution < 1.29 is 4.79 Å². The monoisotopic (exact) mass is 365 g/mol. The van der Waals surface area contributed by atoms with E-state index in [9.17, 15) is 4.79 Å². The molecule has 1 aliphatic carbocycles. The molecule has 4 rings (SSSR count). The van der Waals surface area contributed by atoms with Crippen molar-refractivity contribution in [1.82, 2.24) is 19.9 Å². The van der Waals surface area contributed by atoms with Gasteiger partial charge in [0.2, 0.25) is 0 Å². The number of hydrogen-bond donors (Lipinski definition) is 1. The highest BCUT2D eigenvalue weighted by molar-refractivity contribution is 7.17. The number of likely N-dealkylation sites (tertiary alicyclic amines) is 1. The van der Waals surface area contributed by atoms with Crippen LogP contribution in [0.5, 0.6) is 0 Å². The minimum Gasteiger partial charge on any atom is -0.337 e. The second-order valence-electron chi connectivity index (χ2n) is 6.38. The normalized spacial score (nSPS) is 25.4. The van der Waals surface area contributed by atoms with E-state index in [2.05, 4.69) is 15.0 Å². The second-order valence-corrected chi connectivity index (χ2v) is 7.38. The predicted octanol–water partition coefficient (Wildman–Crippen LogP) is 2.14. The van der Waals surface area contributed by atoms with Gasteiger partial charge in [0.25, 0.3) is 5.91 Å². The van der Waals surface area contributed by atoms with Gasteiger partial charge in [0.05, 0.1) is 5.69 Å². The summed E-state index contributed by atoms with van der Waals surface area (Å²) in [7, 11) is 0. The van der Waals surface area contributed by atoms with Crippen molar-refractivity contribution in [3.05, 3.63) is 29.0 Å². The summed E-state index contributed by atoms with van der Waals surface area (Å²) in [6, 6.07) is 2.01. The maximum Gasteiger partial charge on any atom is 0.265 e. The number of amides is 1. The molecule has 3 atom stereocenters. The Morgan fingerprint density at radius 1 is 1.29 bits per heavy atom. The van der Waals surface area contributed by atoms with Crippen molar-refractivity contribution >= 4 is 29.7 Å². The first-order valence-corrected chi connectivity index (χ1v) is 8.75. The third kappa shape index (κ3) is 2.92. The van der Waals surface area contributed by atoms with Gasteiger partial charge in [0.15, 0.2) is 10.8 Å². The Balaban J connectivity index is 0.00000169. The molecule has 3 unspecified atom stereocenters. The zero-order valence-electron chi connectivity index (χ0n) is 13.4. The van der Waals surface area contributed by atoms with Crippen molar-refractivity contribution in [1.29, 1.82) is 0 Å². The largest absolute Gasteiger partial charge is 0.337 e. The van der Waals surface area contributed by atoms with Gasteiger partial charge in [-0.2, -0.15) is 0 Å². The molecule has 0 spiro atoms. The summed E-state index contributed by atoms with van der Waals surface area (Å²) < 4.78 is 0. The molecule has 2 fully saturated rings. The summed E-state index contributed by atoms with van der Waals surface area (Å²) in [5, 5.41) is 0.697. The van der Waals surface area contributed by atoms with E-state index in [1.807, 2.05) is 11.8 Å². The van der Waals surface area contributed by atoms with Gasteiger partial charge in [-0.15, -0.1) is 23.7 Å². The molecule has 1 aliphatic heterocycles. The highest BCUT2D eigenvalue weighted by Crippen LogP contribution is 2.38. The van der Waals surface area contributed by atoms with Gasteiger partial charge in [0, 0.05) is 31.5 Å². The van der Waals surface area contributed by atoms with Gasteiger partial charge in [-0.1, -0.05) is 0 Å². The summed E-state index contributed by atoms with van der Waals surface area (Å²) in [6.07, 6.45) is 5.60. The summed E-state index contributed by atoms with van der Waals surface area (Å²) in [6.45, 7) is 3.48. The van der Waals surface area contributed by atoms with Gasteiger partial charge in [-0.3, -0.25) is 4.79 Å². The van der Waals surface area contributed by atoms with Gasteiger partial charge in [-0.25, -0.2) is 15.0 Å². The molecule has 3 heterocycles. The fraction of sp³-hybridized carbons (Fsp3) is 0.500. The number of fused-ring (bicyclic) bond motifs is 1. The fourth-order valence-electron chi connectivity index (χ4n) is 3.72. The Kier molecular flexibility index (Phi) is 4.85. The Morgan fingerprint density at radius 3 is 2.75 bits per heavy atom. The Bertz CT molecular complexity index is 737. The van der Waals surface area contributed by atoms with Crippen LogP contribution < -0.4 is 5.73 Å². The fourth-order valence-corrected chi connectivity index (χ4v) is 4.70. The number of carbonyl (C=O) groups is 1. The first kappa shape index (κ1) is 17.3. The summed E-state index contributed by atoms with van der Waals surface area (Å²) in [4.78, 5) is 28.4. The number of carbonyl (C=O) groups excluding carboxylic acids is 1. The number of nitrogens with zero attached hydrogens (tertiary/aromatic N) is 4. The Morgan fingerprint density at radius 2 is 2.04 bits per heavy atom. The lowest BCUT2D eigenvalue weighted by Gasteiger charge is -2.18. The molecular formula is C16H20ClN5OS. The predicted molar refractivity (Wildman–Crippen MR) is 95.2 cm³/mol. The molecule has 128 valence electrons. The molecule has 8 heteroatoms. The molecule has 2 aromatic heterocycles. The average Bonchev–Trinajstić information content (AvgIpc) is 3.24. The van der Waals surface area contributed by atoms with E-state index in [0.29, 0.717) is 27.5 Å². The van der Waals surface area contributed by atoms with Crippen LogP contribution >= 0.6 is 23.7 Å². The molecule has 24 heavy (non-hydrogen) atoms. The van der Waals surface area contributed by atoms with Crippen molar-refractivity contribution in [2.75, 3.05) is 13.1 Å². The first-order chi connectivity index (χ1) is 11.1. The van der Waals surface area contributed by atoms with E-state index in [1.165, 1.54) is 11.3 Å². The number of aryl methyl sites for hydroxylation is 1. The molecule has 1 saturated carbocycles. The summed E-state index contributed by atoms with van der Waals surface area (Å²) in [5.41, 5.74) is 6.92. The van der Waals surface area contributed by atoms with Crippen LogP contribution in [0.25, 0.3) is 10.8 Å². The van der Waals surface area contributed by atoms with Crippen LogP contribution in [0.2, 0.25) is 0 Å². The van der Waals surface area contributed by atoms with Crippen molar-refractivity contribution in [2.45, 2.75) is 25.8 Å². The van der Waals surface area contributed by atoms with Crippen molar-refractivity contribution in [2.24, 2.45) is 17.6 Å². The van der Waals surface area contributed by atoms with Crippen LogP contribution in [0.15, 0.2) is 18.5 Å². The number of halogens is 1. The van der Waals surface area contributed by atoms with Crippen LogP contribution in [0.3, 0.4) is 0 Å². The maximum atomic E-state index is 12.9. The minimum absolute atomic E-state index is 0. The topological polar surface area (TPSA) is 85.0 Å². The van der Waals surface area contributed by atoms with Crippen molar-refractivity contribution in [3.63, 3.8) is 0 Å². The number of rotatable bonds is 2. The van der Waals surface area contributed by atoms with Crippen molar-refractivity contribution in [3.8, 4) is 10.8 Å². The molecule has 1 saturated heterocycles. The number of hydrogen-bond acceptors (Lipinski definition) is 6. The highest BCUT2D eigenvalue weighted by Gasteiger charge is 2.43. The lowest BCUT2D eigenvalue weighted by atomic mass is 9.98. The van der Waals surface area contributed by atoms with Gasteiger partial charge in [0.1, 0.15) is 4.88 Å². The van der Waals surface area contributed by atoms with E-state index in [-0.39, 0.29) is 24.4 Å². The van der Waals surface area contributed by atoms with Gasteiger partial charge in [-0.05, 0) is 37.7 Å². The van der Waals surface area contributed by atoms with E-state index < -0.39 is 0 Å². The number of thiazole rings is 1. The number of nitrogens with two attached hydrogens (primary N) is 1. The average molecular weight is 366 g/mol. The SMILES string of the molecule is Cc1nc(-c2ncccn2)sc1C(=O)N1CC2CCC(N)C2C1.Cl. The Hall–Kier alpha value is -1.57. The third-order valence-corrected chi connectivity index (χ3v) is 6.09. The van der Waals surface area contributed by atoms with Crippen LogP contribution in [0, 0.1) is 18.8 Å². The van der Waals surface area contributed by atoms with Gasteiger partial charge >= 0.3 is 0 Å². The molecule has 0 radical (unpaired) electrons. The molecular weight excluding hydrogens is 346 g/mol. The highest BCUT2D eigenvalue weighted by atomic mass is 35.5. The smallest absolute Gasteiger partial charge is 0.265 e. The molecule has 1 amide bonds. The quantitative estimate of drug-likeness (QED) is 0.881. The van der Waals surface area contributed by atoms with E-state index in [0.717, 1.165) is 31.6 Å². The Labute approximate surface area is 150 Å². The van der Waals surface area contributed by atoms with Crippen LogP contribution in [-0.4, -0.2) is 44.9 Å². The zero-order chi connectivity index (χ0) is 16.0. The van der Waals surface area contributed by atoms with Crippen LogP contribution in [-0.2, 0) is 0 Å². The lowest BCUT2D eigenvalue weighted by Crippen LogP contribution is -2.33. The molecule has 2 N–H and O–H groups in total. The summed E-state index contributed by atoms with van der Waals surface area (Å²) >= 11 is 1.38. The standard InChI is InChI=1S/C16H19N5OS.ClH/c1-9-13(23-15(20-9)14-18-5-2-6-19-14)16(22)21-7-10-3-4-12(17)11(10)8-21;/h2,5-6,10-12H,3-4,7-8,17H2,1H3;1H. The molecule has 6 nitrogen and oxygen atoms in total. The van der Waals surface area contributed by atoms with E-state index in [1.54, 1.807) is 18.5 Å². The lowest BCUT2D eigenvalue weighted by molar-refractivity contribution is 0.0783. The molecule has 2 aliphatic rings. The minimum atomic E-state index is 0. The van der Waals surface area contributed by atoms with E-state index in [4.69, 9.17) is 5.73 Å².